The van der Waals surface area contributed by atoms with Crippen molar-refractivity contribution in [3.63, 3.8) is 0 Å². The van der Waals surface area contributed by atoms with Crippen LogP contribution in [0.4, 0.5) is 4.79 Å². The number of alkyl carbamates (subject to hydrolysis) is 1. The van der Waals surface area contributed by atoms with Crippen LogP contribution in [0.15, 0.2) is 84.9 Å². The molecule has 3 aromatic rings. The van der Waals surface area contributed by atoms with Gasteiger partial charge in [-0.1, -0.05) is 72.8 Å². The molecule has 0 saturated heterocycles. The van der Waals surface area contributed by atoms with E-state index in [1.165, 1.54) is 0 Å². The van der Waals surface area contributed by atoms with Crippen molar-refractivity contribution in [2.24, 2.45) is 0 Å². The van der Waals surface area contributed by atoms with Crippen molar-refractivity contribution in [2.45, 2.75) is 32.1 Å². The minimum atomic E-state index is -1.17. The molecular weight excluding hydrogens is 448 g/mol. The Bertz CT molecular complexity index is 1030. The van der Waals surface area contributed by atoms with E-state index in [0.29, 0.717) is 6.42 Å². The fourth-order valence-corrected chi connectivity index (χ4v) is 3.20. The van der Waals surface area contributed by atoms with Gasteiger partial charge in [-0.05, 0) is 35.2 Å². The van der Waals surface area contributed by atoms with Crippen LogP contribution in [0.3, 0.4) is 0 Å². The standard InChI is InChI=1S/C27H28N2O6/c30-23-13-11-20(12-14-23)15-16-28-26(32)24(17-25(31)34-18-21-7-3-1-4-8-21)29-27(33)35-19-22-9-5-2-6-10-22/h1-14,24,30H,15-19H2,(H,28,32)(H,29,33). The Balaban J connectivity index is 1.54. The Morgan fingerprint density at radius 1 is 0.743 bits per heavy atom. The van der Waals surface area contributed by atoms with Gasteiger partial charge in [-0.2, -0.15) is 0 Å². The molecule has 0 saturated carbocycles. The highest BCUT2D eigenvalue weighted by Crippen LogP contribution is 2.10. The number of hydrogen-bond acceptors (Lipinski definition) is 6. The Hall–Kier alpha value is -4.33. The number of amides is 2. The summed E-state index contributed by atoms with van der Waals surface area (Å²) >= 11 is 0. The highest BCUT2D eigenvalue weighted by molar-refractivity contribution is 5.89. The van der Waals surface area contributed by atoms with E-state index >= 15 is 0 Å². The summed E-state index contributed by atoms with van der Waals surface area (Å²) in [4.78, 5) is 37.5. The number of esters is 1. The van der Waals surface area contributed by atoms with E-state index < -0.39 is 24.0 Å². The molecule has 0 bridgehead atoms. The smallest absolute Gasteiger partial charge is 0.408 e. The predicted octanol–water partition coefficient (Wildman–Crippen LogP) is 3.48. The summed E-state index contributed by atoms with van der Waals surface area (Å²) in [5, 5.41) is 14.6. The van der Waals surface area contributed by atoms with Gasteiger partial charge in [-0.3, -0.25) is 9.59 Å². The van der Waals surface area contributed by atoms with Crippen molar-refractivity contribution in [3.05, 3.63) is 102 Å². The van der Waals surface area contributed by atoms with Gasteiger partial charge in [0, 0.05) is 6.54 Å². The molecular formula is C27H28N2O6. The van der Waals surface area contributed by atoms with Crippen LogP contribution in [0.2, 0.25) is 0 Å². The zero-order valence-electron chi connectivity index (χ0n) is 19.2. The van der Waals surface area contributed by atoms with Crippen molar-refractivity contribution in [1.29, 1.82) is 0 Å². The first-order valence-electron chi connectivity index (χ1n) is 11.2. The number of phenolic OH excluding ortho intramolecular Hbond substituents is 1. The molecule has 0 spiro atoms. The van der Waals surface area contributed by atoms with E-state index in [1.54, 1.807) is 24.3 Å². The van der Waals surface area contributed by atoms with Crippen LogP contribution in [0.25, 0.3) is 0 Å². The maximum absolute atomic E-state index is 12.8. The van der Waals surface area contributed by atoms with Crippen LogP contribution >= 0.6 is 0 Å². The van der Waals surface area contributed by atoms with E-state index in [9.17, 15) is 19.5 Å². The monoisotopic (exact) mass is 476 g/mol. The Morgan fingerprint density at radius 2 is 1.31 bits per heavy atom. The average Bonchev–Trinajstić information content (AvgIpc) is 2.88. The SMILES string of the molecule is O=C(CC(NC(=O)OCc1ccccc1)C(=O)NCCc1ccc(O)cc1)OCc1ccccc1. The molecule has 0 aliphatic heterocycles. The van der Waals surface area contributed by atoms with Gasteiger partial charge < -0.3 is 25.2 Å². The third-order valence-electron chi connectivity index (χ3n) is 5.08. The van der Waals surface area contributed by atoms with Gasteiger partial charge >= 0.3 is 12.1 Å². The van der Waals surface area contributed by atoms with Crippen LogP contribution in [0.5, 0.6) is 5.75 Å². The Kier molecular flexibility index (Phi) is 9.68. The molecule has 0 aliphatic carbocycles. The van der Waals surface area contributed by atoms with E-state index in [1.807, 2.05) is 60.7 Å². The molecule has 182 valence electrons. The van der Waals surface area contributed by atoms with Crippen LogP contribution in [0, 0.1) is 0 Å². The molecule has 3 aromatic carbocycles. The number of carbonyl (C=O) groups excluding carboxylic acids is 3. The molecule has 0 aromatic heterocycles. The number of nitrogens with one attached hydrogen (secondary N) is 2. The fraction of sp³-hybridized carbons (Fsp3) is 0.222. The summed E-state index contributed by atoms with van der Waals surface area (Å²) in [6, 6.07) is 23.7. The van der Waals surface area contributed by atoms with Gasteiger partial charge in [0.15, 0.2) is 0 Å². The van der Waals surface area contributed by atoms with Gasteiger partial charge in [-0.25, -0.2) is 4.79 Å². The van der Waals surface area contributed by atoms with Gasteiger partial charge in [0.2, 0.25) is 5.91 Å². The molecule has 0 radical (unpaired) electrons. The first kappa shape index (κ1) is 25.3. The number of aromatic hydroxyl groups is 1. The molecule has 1 atom stereocenters. The van der Waals surface area contributed by atoms with Crippen molar-refractivity contribution in [3.8, 4) is 5.75 Å². The molecule has 0 heterocycles. The maximum atomic E-state index is 12.8. The lowest BCUT2D eigenvalue weighted by Crippen LogP contribution is -2.48. The number of ether oxygens (including phenoxy) is 2. The summed E-state index contributed by atoms with van der Waals surface area (Å²) < 4.78 is 10.5. The lowest BCUT2D eigenvalue weighted by Gasteiger charge is -2.18. The maximum Gasteiger partial charge on any atom is 0.408 e. The highest BCUT2D eigenvalue weighted by Gasteiger charge is 2.25. The summed E-state index contributed by atoms with van der Waals surface area (Å²) in [6.45, 7) is 0.369. The van der Waals surface area contributed by atoms with E-state index in [-0.39, 0.29) is 31.9 Å². The predicted molar refractivity (Wildman–Crippen MR) is 129 cm³/mol. The molecule has 8 heteroatoms. The number of hydrogen-bond donors (Lipinski definition) is 3. The number of benzene rings is 3. The third-order valence-corrected chi connectivity index (χ3v) is 5.08. The van der Waals surface area contributed by atoms with Crippen LogP contribution in [-0.4, -0.2) is 35.7 Å². The van der Waals surface area contributed by atoms with E-state index in [4.69, 9.17) is 9.47 Å². The van der Waals surface area contributed by atoms with Crippen molar-refractivity contribution >= 4 is 18.0 Å². The number of carbonyl (C=O) groups is 3. The quantitative estimate of drug-likeness (QED) is 0.365. The fourth-order valence-electron chi connectivity index (χ4n) is 3.20. The highest BCUT2D eigenvalue weighted by atomic mass is 16.5. The molecule has 8 nitrogen and oxygen atoms in total. The Morgan fingerprint density at radius 3 is 1.91 bits per heavy atom. The minimum absolute atomic E-state index is 0.0281. The van der Waals surface area contributed by atoms with Crippen molar-refractivity contribution in [1.82, 2.24) is 10.6 Å². The lowest BCUT2D eigenvalue weighted by atomic mass is 10.1. The van der Waals surface area contributed by atoms with Gasteiger partial charge in [0.25, 0.3) is 0 Å². The molecule has 1 unspecified atom stereocenters. The van der Waals surface area contributed by atoms with Gasteiger partial charge in [-0.15, -0.1) is 0 Å². The third kappa shape index (κ3) is 9.21. The second kappa shape index (κ2) is 13.4. The second-order valence-corrected chi connectivity index (χ2v) is 7.82. The zero-order chi connectivity index (χ0) is 24.9. The molecule has 35 heavy (non-hydrogen) atoms. The molecule has 3 rings (SSSR count). The Labute approximate surface area is 203 Å². The summed E-state index contributed by atoms with van der Waals surface area (Å²) in [5.74, 6) is -1.00. The van der Waals surface area contributed by atoms with Gasteiger partial charge in [0.1, 0.15) is 25.0 Å². The van der Waals surface area contributed by atoms with E-state index in [2.05, 4.69) is 10.6 Å². The first-order chi connectivity index (χ1) is 17.0. The molecule has 0 aliphatic rings. The molecule has 3 N–H and O–H groups in total. The largest absolute Gasteiger partial charge is 0.508 e. The van der Waals surface area contributed by atoms with Crippen molar-refractivity contribution < 1.29 is 29.0 Å². The minimum Gasteiger partial charge on any atom is -0.508 e. The van der Waals surface area contributed by atoms with Crippen LogP contribution < -0.4 is 10.6 Å². The average molecular weight is 477 g/mol. The second-order valence-electron chi connectivity index (χ2n) is 7.82. The van der Waals surface area contributed by atoms with E-state index in [0.717, 1.165) is 16.7 Å². The summed E-state index contributed by atoms with van der Waals surface area (Å²) in [6.07, 6.45) is -0.656. The summed E-state index contributed by atoms with van der Waals surface area (Å²) in [7, 11) is 0. The number of rotatable bonds is 11. The zero-order valence-corrected chi connectivity index (χ0v) is 19.2. The lowest BCUT2D eigenvalue weighted by molar-refractivity contribution is -0.147. The number of phenols is 1. The van der Waals surface area contributed by atoms with Crippen LogP contribution in [0.1, 0.15) is 23.1 Å². The van der Waals surface area contributed by atoms with Crippen LogP contribution in [-0.2, 0) is 38.7 Å². The molecule has 0 fully saturated rings. The summed E-state index contributed by atoms with van der Waals surface area (Å²) in [5.41, 5.74) is 2.52. The topological polar surface area (TPSA) is 114 Å². The van der Waals surface area contributed by atoms with Gasteiger partial charge in [0.05, 0.1) is 6.42 Å². The normalized spacial score (nSPS) is 11.2. The van der Waals surface area contributed by atoms with Crippen molar-refractivity contribution in [2.75, 3.05) is 6.54 Å². The molecule has 2 amide bonds. The first-order valence-corrected chi connectivity index (χ1v) is 11.2.